The van der Waals surface area contributed by atoms with Crippen LogP contribution in [0.1, 0.15) is 10.4 Å². The molecule has 0 unspecified atom stereocenters. The second-order valence-corrected chi connectivity index (χ2v) is 3.28. The van der Waals surface area contributed by atoms with Crippen LogP contribution in [0.4, 0.5) is 0 Å². The lowest BCUT2D eigenvalue weighted by molar-refractivity contribution is -0.140. The summed E-state index contributed by atoms with van der Waals surface area (Å²) in [5, 5.41) is 5.92. The Kier molecular flexibility index (Phi) is 5.37. The van der Waals surface area contributed by atoms with E-state index >= 15 is 0 Å². The SMILES string of the molecule is CO/N=C\[C@H](NC(=O)c1ccccc1)C(=O)OC. The van der Waals surface area contributed by atoms with Crippen LogP contribution in [0.15, 0.2) is 35.5 Å². The molecule has 1 rings (SSSR count). The molecule has 96 valence electrons. The van der Waals surface area contributed by atoms with Crippen LogP contribution in [-0.4, -0.2) is 38.4 Å². The minimum Gasteiger partial charge on any atom is -0.467 e. The summed E-state index contributed by atoms with van der Waals surface area (Å²) in [6, 6.07) is 7.54. The van der Waals surface area contributed by atoms with Crippen molar-refractivity contribution < 1.29 is 19.2 Å². The van der Waals surface area contributed by atoms with Gasteiger partial charge in [-0.3, -0.25) is 4.79 Å². The standard InChI is InChI=1S/C12H14N2O4/c1-17-12(16)10(8-13-18-2)14-11(15)9-6-4-3-5-7-9/h3-8,10H,1-2H3,(H,14,15)/b13-8-/t10-/m0/s1. The van der Waals surface area contributed by atoms with E-state index in [1.165, 1.54) is 14.2 Å². The molecular formula is C12H14N2O4. The molecule has 1 aromatic carbocycles. The van der Waals surface area contributed by atoms with Crippen LogP contribution in [0.5, 0.6) is 0 Å². The van der Waals surface area contributed by atoms with Gasteiger partial charge in [-0.15, -0.1) is 0 Å². The maximum Gasteiger partial charge on any atom is 0.334 e. The van der Waals surface area contributed by atoms with Crippen LogP contribution in [0.25, 0.3) is 0 Å². The van der Waals surface area contributed by atoms with Gasteiger partial charge >= 0.3 is 5.97 Å². The van der Waals surface area contributed by atoms with E-state index in [0.29, 0.717) is 5.56 Å². The Balaban J connectivity index is 2.75. The zero-order valence-corrected chi connectivity index (χ0v) is 10.1. The number of amides is 1. The molecule has 18 heavy (non-hydrogen) atoms. The van der Waals surface area contributed by atoms with Crippen molar-refractivity contribution in [1.82, 2.24) is 5.32 Å². The van der Waals surface area contributed by atoms with E-state index < -0.39 is 17.9 Å². The third-order valence-electron chi connectivity index (χ3n) is 2.09. The molecule has 0 saturated heterocycles. The number of carbonyl (C=O) groups is 2. The van der Waals surface area contributed by atoms with Gasteiger partial charge in [0, 0.05) is 5.56 Å². The Hall–Kier alpha value is -2.37. The fourth-order valence-electron chi connectivity index (χ4n) is 1.22. The van der Waals surface area contributed by atoms with E-state index in [2.05, 4.69) is 20.0 Å². The molecule has 1 aromatic rings. The van der Waals surface area contributed by atoms with Crippen LogP contribution in [0, 0.1) is 0 Å². The van der Waals surface area contributed by atoms with E-state index in [-0.39, 0.29) is 0 Å². The molecule has 6 heteroatoms. The van der Waals surface area contributed by atoms with Crippen molar-refractivity contribution in [3.63, 3.8) is 0 Å². The summed E-state index contributed by atoms with van der Waals surface area (Å²) in [5.41, 5.74) is 0.442. The minimum absolute atomic E-state index is 0.395. The third kappa shape index (κ3) is 3.89. The fourth-order valence-corrected chi connectivity index (χ4v) is 1.22. The summed E-state index contributed by atoms with van der Waals surface area (Å²) in [4.78, 5) is 27.7. The zero-order valence-electron chi connectivity index (χ0n) is 10.1. The van der Waals surface area contributed by atoms with Crippen molar-refractivity contribution in [2.24, 2.45) is 5.16 Å². The number of esters is 1. The molecule has 0 saturated carbocycles. The van der Waals surface area contributed by atoms with Crippen molar-refractivity contribution in [2.45, 2.75) is 6.04 Å². The van der Waals surface area contributed by atoms with Crippen LogP contribution in [0.2, 0.25) is 0 Å². The van der Waals surface area contributed by atoms with Gasteiger partial charge in [-0.05, 0) is 12.1 Å². The van der Waals surface area contributed by atoms with E-state index in [1.54, 1.807) is 30.3 Å². The molecule has 1 N–H and O–H groups in total. The largest absolute Gasteiger partial charge is 0.467 e. The Labute approximate surface area is 105 Å². The Morgan fingerprint density at radius 3 is 2.50 bits per heavy atom. The monoisotopic (exact) mass is 250 g/mol. The number of hydrogen-bond acceptors (Lipinski definition) is 5. The summed E-state index contributed by atoms with van der Waals surface area (Å²) in [6.45, 7) is 0. The number of benzene rings is 1. The van der Waals surface area contributed by atoms with Gasteiger partial charge in [0.25, 0.3) is 5.91 Å². The van der Waals surface area contributed by atoms with Gasteiger partial charge in [-0.25, -0.2) is 4.79 Å². The van der Waals surface area contributed by atoms with Gasteiger partial charge in [0.05, 0.1) is 13.3 Å². The first-order valence-electron chi connectivity index (χ1n) is 5.19. The smallest absolute Gasteiger partial charge is 0.334 e. The summed E-state index contributed by atoms with van der Waals surface area (Å²) in [7, 11) is 2.56. The second-order valence-electron chi connectivity index (χ2n) is 3.28. The first-order chi connectivity index (χ1) is 8.69. The number of oxime groups is 1. The summed E-state index contributed by atoms with van der Waals surface area (Å²) >= 11 is 0. The Morgan fingerprint density at radius 2 is 1.94 bits per heavy atom. The first kappa shape index (κ1) is 13.7. The average molecular weight is 250 g/mol. The number of hydrogen-bond donors (Lipinski definition) is 1. The highest BCUT2D eigenvalue weighted by Crippen LogP contribution is 1.99. The predicted octanol–water partition coefficient (Wildman–Crippen LogP) is 0.590. The predicted molar refractivity (Wildman–Crippen MR) is 65.2 cm³/mol. The number of carbonyl (C=O) groups excluding carboxylic acids is 2. The molecule has 0 radical (unpaired) electrons. The molecule has 0 fully saturated rings. The normalized spacial score (nSPS) is 11.9. The van der Waals surface area contributed by atoms with Crippen LogP contribution in [0.3, 0.4) is 0 Å². The quantitative estimate of drug-likeness (QED) is 0.471. The molecule has 0 heterocycles. The second kappa shape index (κ2) is 7.05. The summed E-state index contributed by atoms with van der Waals surface area (Å²) < 4.78 is 4.55. The molecule has 0 bridgehead atoms. The topological polar surface area (TPSA) is 77.0 Å². The highest BCUT2D eigenvalue weighted by atomic mass is 16.6. The fraction of sp³-hybridized carbons (Fsp3) is 0.250. The van der Waals surface area contributed by atoms with Crippen LogP contribution >= 0.6 is 0 Å². The van der Waals surface area contributed by atoms with Gasteiger partial charge < -0.3 is 14.9 Å². The summed E-state index contributed by atoms with van der Waals surface area (Å²) in [5.74, 6) is -1.02. The van der Waals surface area contributed by atoms with Crippen molar-refractivity contribution in [3.05, 3.63) is 35.9 Å². The van der Waals surface area contributed by atoms with E-state index in [0.717, 1.165) is 6.21 Å². The molecule has 0 aliphatic rings. The molecule has 1 amide bonds. The molecule has 6 nitrogen and oxygen atoms in total. The van der Waals surface area contributed by atoms with E-state index in [4.69, 9.17) is 0 Å². The molecular weight excluding hydrogens is 236 g/mol. The van der Waals surface area contributed by atoms with Crippen LogP contribution in [-0.2, 0) is 14.4 Å². The number of nitrogens with one attached hydrogen (secondary N) is 1. The van der Waals surface area contributed by atoms with E-state index in [1.807, 2.05) is 0 Å². The van der Waals surface area contributed by atoms with Crippen molar-refractivity contribution in [1.29, 1.82) is 0 Å². The maximum absolute atomic E-state index is 11.8. The van der Waals surface area contributed by atoms with Crippen LogP contribution < -0.4 is 5.32 Å². The summed E-state index contributed by atoms with van der Waals surface area (Å²) in [6.07, 6.45) is 1.16. The molecule has 1 atom stereocenters. The van der Waals surface area contributed by atoms with E-state index in [9.17, 15) is 9.59 Å². The Bertz CT molecular complexity index is 431. The highest BCUT2D eigenvalue weighted by Gasteiger charge is 2.20. The third-order valence-corrected chi connectivity index (χ3v) is 2.09. The molecule has 0 aliphatic carbocycles. The molecule has 0 aliphatic heterocycles. The minimum atomic E-state index is -0.984. The number of ether oxygens (including phenoxy) is 1. The van der Waals surface area contributed by atoms with Gasteiger partial charge in [0.2, 0.25) is 0 Å². The first-order valence-corrected chi connectivity index (χ1v) is 5.19. The zero-order chi connectivity index (χ0) is 13.4. The number of nitrogens with zero attached hydrogens (tertiary/aromatic N) is 1. The highest BCUT2D eigenvalue weighted by molar-refractivity contribution is 6.02. The van der Waals surface area contributed by atoms with Gasteiger partial charge in [0.1, 0.15) is 7.11 Å². The number of rotatable bonds is 5. The lowest BCUT2D eigenvalue weighted by atomic mass is 10.2. The molecule has 0 spiro atoms. The maximum atomic E-state index is 11.8. The lowest BCUT2D eigenvalue weighted by Crippen LogP contribution is -2.42. The van der Waals surface area contributed by atoms with Gasteiger partial charge in [-0.1, -0.05) is 23.4 Å². The lowest BCUT2D eigenvalue weighted by Gasteiger charge is -2.11. The van der Waals surface area contributed by atoms with Gasteiger partial charge in [0.15, 0.2) is 6.04 Å². The Morgan fingerprint density at radius 1 is 1.28 bits per heavy atom. The van der Waals surface area contributed by atoms with Gasteiger partial charge in [-0.2, -0.15) is 0 Å². The van der Waals surface area contributed by atoms with Crippen molar-refractivity contribution in [2.75, 3.05) is 14.2 Å². The van der Waals surface area contributed by atoms with Crippen molar-refractivity contribution in [3.8, 4) is 0 Å². The molecule has 0 aromatic heterocycles. The average Bonchev–Trinajstić information content (AvgIpc) is 2.43. The number of methoxy groups -OCH3 is 1. The van der Waals surface area contributed by atoms with Crippen molar-refractivity contribution >= 4 is 18.1 Å².